The van der Waals surface area contributed by atoms with E-state index in [-0.39, 0.29) is 0 Å². The molecule has 0 atom stereocenters. The zero-order valence-corrected chi connectivity index (χ0v) is 10.7. The summed E-state index contributed by atoms with van der Waals surface area (Å²) in [5.41, 5.74) is 3.91. The average Bonchev–Trinajstić information content (AvgIpc) is 2.54. The molecular formula is C12H12Cl2N2. The van der Waals surface area contributed by atoms with Crippen molar-refractivity contribution < 1.29 is 0 Å². The first-order valence-corrected chi connectivity index (χ1v) is 5.91. The quantitative estimate of drug-likeness (QED) is 0.744. The van der Waals surface area contributed by atoms with Gasteiger partial charge in [-0.15, -0.1) is 11.6 Å². The van der Waals surface area contributed by atoms with E-state index in [4.69, 9.17) is 23.2 Å². The molecule has 0 aliphatic carbocycles. The lowest BCUT2D eigenvalue weighted by Gasteiger charge is -2.04. The van der Waals surface area contributed by atoms with Gasteiger partial charge in [0.25, 0.3) is 0 Å². The van der Waals surface area contributed by atoms with Gasteiger partial charge in [-0.25, -0.2) is 4.68 Å². The Labute approximate surface area is 105 Å². The standard InChI is InChI=1S/C12H12Cl2N2/c1-8-4-3-5-10(6-8)16-12(14)11(7-13)9(2)15-16/h3-6H,7H2,1-2H3. The van der Waals surface area contributed by atoms with E-state index < -0.39 is 0 Å². The first-order chi connectivity index (χ1) is 7.63. The van der Waals surface area contributed by atoms with Crippen molar-refractivity contribution in [1.82, 2.24) is 9.78 Å². The van der Waals surface area contributed by atoms with E-state index in [0.29, 0.717) is 11.0 Å². The van der Waals surface area contributed by atoms with Crippen molar-refractivity contribution in [2.24, 2.45) is 0 Å². The smallest absolute Gasteiger partial charge is 0.137 e. The molecule has 4 heteroatoms. The molecule has 1 heterocycles. The molecule has 2 nitrogen and oxygen atoms in total. The summed E-state index contributed by atoms with van der Waals surface area (Å²) in [5, 5.41) is 4.99. The average molecular weight is 255 g/mol. The third-order valence-electron chi connectivity index (χ3n) is 2.50. The summed E-state index contributed by atoms with van der Waals surface area (Å²) in [5.74, 6) is 0.385. The van der Waals surface area contributed by atoms with Crippen molar-refractivity contribution in [3.63, 3.8) is 0 Å². The van der Waals surface area contributed by atoms with Gasteiger partial charge in [0.2, 0.25) is 0 Å². The fourth-order valence-electron chi connectivity index (χ4n) is 1.61. The second-order valence-electron chi connectivity index (χ2n) is 3.74. The third kappa shape index (κ3) is 1.95. The minimum Gasteiger partial charge on any atom is -0.222 e. The number of halogens is 2. The van der Waals surface area contributed by atoms with Gasteiger partial charge in [0.05, 0.1) is 17.3 Å². The number of rotatable bonds is 2. The monoisotopic (exact) mass is 254 g/mol. The topological polar surface area (TPSA) is 17.8 Å². The van der Waals surface area contributed by atoms with Crippen molar-refractivity contribution in [2.45, 2.75) is 19.7 Å². The van der Waals surface area contributed by atoms with Gasteiger partial charge in [-0.1, -0.05) is 23.7 Å². The van der Waals surface area contributed by atoms with E-state index >= 15 is 0 Å². The first kappa shape index (κ1) is 11.5. The van der Waals surface area contributed by atoms with Crippen molar-refractivity contribution in [3.8, 4) is 5.69 Å². The molecule has 0 radical (unpaired) electrons. The molecule has 0 saturated heterocycles. The summed E-state index contributed by atoms with van der Waals surface area (Å²) in [6.45, 7) is 3.95. The molecule has 0 unspecified atom stereocenters. The molecule has 0 amide bonds. The van der Waals surface area contributed by atoms with Crippen LogP contribution in [0.25, 0.3) is 5.69 Å². The normalized spacial score (nSPS) is 10.8. The Kier molecular flexibility index (Phi) is 3.22. The summed E-state index contributed by atoms with van der Waals surface area (Å²) >= 11 is 12.1. The highest BCUT2D eigenvalue weighted by atomic mass is 35.5. The Morgan fingerprint density at radius 1 is 1.31 bits per heavy atom. The van der Waals surface area contributed by atoms with Gasteiger partial charge in [-0.3, -0.25) is 0 Å². The molecule has 2 rings (SSSR count). The van der Waals surface area contributed by atoms with Crippen LogP contribution in [-0.2, 0) is 5.88 Å². The SMILES string of the molecule is Cc1cccc(-n2nc(C)c(CCl)c2Cl)c1. The minimum absolute atomic E-state index is 0.385. The highest BCUT2D eigenvalue weighted by Crippen LogP contribution is 2.25. The van der Waals surface area contributed by atoms with Gasteiger partial charge >= 0.3 is 0 Å². The second kappa shape index (κ2) is 4.48. The predicted molar refractivity (Wildman–Crippen MR) is 67.6 cm³/mol. The summed E-state index contributed by atoms with van der Waals surface area (Å²) < 4.78 is 1.72. The van der Waals surface area contributed by atoms with Crippen LogP contribution in [-0.4, -0.2) is 9.78 Å². The zero-order valence-electron chi connectivity index (χ0n) is 9.17. The van der Waals surface area contributed by atoms with Gasteiger partial charge < -0.3 is 0 Å². The number of benzene rings is 1. The van der Waals surface area contributed by atoms with Crippen LogP contribution in [0.3, 0.4) is 0 Å². The maximum atomic E-state index is 6.23. The molecule has 1 aromatic carbocycles. The summed E-state index contributed by atoms with van der Waals surface area (Å²) in [7, 11) is 0. The highest BCUT2D eigenvalue weighted by Gasteiger charge is 2.13. The lowest BCUT2D eigenvalue weighted by atomic mass is 10.2. The molecule has 0 spiro atoms. The van der Waals surface area contributed by atoms with Crippen LogP contribution in [0.5, 0.6) is 0 Å². The molecule has 0 aliphatic heterocycles. The fourth-order valence-corrected chi connectivity index (χ4v) is 2.34. The number of nitrogens with zero attached hydrogens (tertiary/aromatic N) is 2. The molecule has 0 saturated carbocycles. The highest BCUT2D eigenvalue weighted by molar-refractivity contribution is 6.31. The van der Waals surface area contributed by atoms with E-state index in [9.17, 15) is 0 Å². The van der Waals surface area contributed by atoms with Crippen LogP contribution in [0.2, 0.25) is 5.15 Å². The van der Waals surface area contributed by atoms with Crippen molar-refractivity contribution >= 4 is 23.2 Å². The fraction of sp³-hybridized carbons (Fsp3) is 0.250. The Morgan fingerprint density at radius 2 is 2.06 bits per heavy atom. The lowest BCUT2D eigenvalue weighted by molar-refractivity contribution is 0.862. The number of hydrogen-bond donors (Lipinski definition) is 0. The number of hydrogen-bond acceptors (Lipinski definition) is 1. The summed E-state index contributed by atoms with van der Waals surface area (Å²) in [6.07, 6.45) is 0. The Morgan fingerprint density at radius 3 is 2.62 bits per heavy atom. The third-order valence-corrected chi connectivity index (χ3v) is 3.16. The molecule has 2 aromatic rings. The number of alkyl halides is 1. The van der Waals surface area contributed by atoms with E-state index in [1.807, 2.05) is 38.1 Å². The van der Waals surface area contributed by atoms with Crippen LogP contribution >= 0.6 is 23.2 Å². The largest absolute Gasteiger partial charge is 0.222 e. The molecule has 84 valence electrons. The van der Waals surface area contributed by atoms with Crippen LogP contribution in [0, 0.1) is 13.8 Å². The van der Waals surface area contributed by atoms with E-state index in [1.54, 1.807) is 4.68 Å². The van der Waals surface area contributed by atoms with Crippen molar-refractivity contribution in [2.75, 3.05) is 0 Å². The predicted octanol–water partition coefficient (Wildman–Crippen LogP) is 3.88. The van der Waals surface area contributed by atoms with Crippen LogP contribution in [0.15, 0.2) is 24.3 Å². The zero-order chi connectivity index (χ0) is 11.7. The van der Waals surface area contributed by atoms with Gasteiger partial charge in [-0.2, -0.15) is 5.10 Å². The Hall–Kier alpha value is -0.990. The van der Waals surface area contributed by atoms with E-state index in [2.05, 4.69) is 5.10 Å². The molecule has 0 fully saturated rings. The molecule has 1 aromatic heterocycles. The number of aromatic nitrogens is 2. The Balaban J connectivity index is 2.56. The lowest BCUT2D eigenvalue weighted by Crippen LogP contribution is -1.96. The Bertz CT molecular complexity index is 518. The van der Waals surface area contributed by atoms with Crippen LogP contribution in [0.1, 0.15) is 16.8 Å². The van der Waals surface area contributed by atoms with Gasteiger partial charge in [0, 0.05) is 5.56 Å². The van der Waals surface area contributed by atoms with Crippen molar-refractivity contribution in [1.29, 1.82) is 0 Å². The van der Waals surface area contributed by atoms with Gasteiger partial charge in [0.15, 0.2) is 0 Å². The number of aryl methyl sites for hydroxylation is 2. The molecular weight excluding hydrogens is 243 g/mol. The minimum atomic E-state index is 0.385. The maximum absolute atomic E-state index is 6.23. The molecule has 0 aliphatic rings. The van der Waals surface area contributed by atoms with Gasteiger partial charge in [0.1, 0.15) is 5.15 Å². The maximum Gasteiger partial charge on any atom is 0.137 e. The van der Waals surface area contributed by atoms with E-state index in [0.717, 1.165) is 16.9 Å². The van der Waals surface area contributed by atoms with Crippen molar-refractivity contribution in [3.05, 3.63) is 46.2 Å². The van der Waals surface area contributed by atoms with Gasteiger partial charge in [-0.05, 0) is 31.5 Å². The van der Waals surface area contributed by atoms with Crippen LogP contribution in [0.4, 0.5) is 0 Å². The second-order valence-corrected chi connectivity index (χ2v) is 4.36. The summed E-state index contributed by atoms with van der Waals surface area (Å²) in [4.78, 5) is 0. The molecule has 16 heavy (non-hydrogen) atoms. The first-order valence-electron chi connectivity index (χ1n) is 5.00. The van der Waals surface area contributed by atoms with E-state index in [1.165, 1.54) is 5.56 Å². The molecule has 0 bridgehead atoms. The molecule has 0 N–H and O–H groups in total. The van der Waals surface area contributed by atoms with Crippen LogP contribution < -0.4 is 0 Å². The summed E-state index contributed by atoms with van der Waals surface area (Å²) in [6, 6.07) is 8.04.